The Morgan fingerprint density at radius 2 is 1.95 bits per heavy atom. The number of nitrogens with two attached hydrogens (primary N) is 1. The molecule has 1 atom stereocenters. The lowest BCUT2D eigenvalue weighted by molar-refractivity contribution is 0.222. The van der Waals surface area contributed by atoms with Gasteiger partial charge in [0.15, 0.2) is 0 Å². The largest absolute Gasteiger partial charge is 0.374 e. The minimum absolute atomic E-state index is 0.145. The summed E-state index contributed by atoms with van der Waals surface area (Å²) in [5, 5.41) is 0. The zero-order chi connectivity index (χ0) is 14.5. The summed E-state index contributed by atoms with van der Waals surface area (Å²) in [6, 6.07) is 8.74. The van der Waals surface area contributed by atoms with Crippen LogP contribution in [-0.2, 0) is 0 Å². The Hall–Kier alpha value is -1.06. The van der Waals surface area contributed by atoms with E-state index in [-0.39, 0.29) is 6.04 Å². The van der Waals surface area contributed by atoms with Crippen LogP contribution in [0, 0.1) is 5.92 Å². The van der Waals surface area contributed by atoms with Gasteiger partial charge in [-0.1, -0.05) is 25.1 Å². The Labute approximate surface area is 123 Å². The van der Waals surface area contributed by atoms with Crippen molar-refractivity contribution in [3.05, 3.63) is 29.8 Å². The van der Waals surface area contributed by atoms with Gasteiger partial charge >= 0.3 is 0 Å². The second-order valence-electron chi connectivity index (χ2n) is 6.20. The van der Waals surface area contributed by atoms with Gasteiger partial charge in [0.05, 0.1) is 0 Å². The smallest absolute Gasteiger partial charge is 0.0412 e. The zero-order valence-corrected chi connectivity index (χ0v) is 13.2. The van der Waals surface area contributed by atoms with Crippen LogP contribution >= 0.6 is 0 Å². The van der Waals surface area contributed by atoms with Crippen molar-refractivity contribution in [2.24, 2.45) is 11.7 Å². The number of likely N-dealkylation sites (tertiary alicyclic amines) is 1. The molecule has 1 aromatic carbocycles. The maximum atomic E-state index is 6.25. The van der Waals surface area contributed by atoms with Gasteiger partial charge in [-0.2, -0.15) is 0 Å². The molecule has 0 amide bonds. The van der Waals surface area contributed by atoms with Crippen LogP contribution in [0.5, 0.6) is 0 Å². The van der Waals surface area contributed by atoms with Crippen LogP contribution < -0.4 is 10.6 Å². The Morgan fingerprint density at radius 3 is 2.60 bits per heavy atom. The van der Waals surface area contributed by atoms with Crippen LogP contribution in [0.15, 0.2) is 24.3 Å². The van der Waals surface area contributed by atoms with Crippen molar-refractivity contribution in [2.75, 3.05) is 38.6 Å². The number of rotatable bonds is 5. The van der Waals surface area contributed by atoms with E-state index in [0.29, 0.717) is 0 Å². The molecule has 1 saturated heterocycles. The summed E-state index contributed by atoms with van der Waals surface area (Å²) in [5.74, 6) is 0.808. The zero-order valence-electron chi connectivity index (χ0n) is 13.2. The fourth-order valence-corrected chi connectivity index (χ4v) is 3.10. The molecule has 3 heteroatoms. The highest BCUT2D eigenvalue weighted by Crippen LogP contribution is 2.28. The monoisotopic (exact) mass is 275 g/mol. The lowest BCUT2D eigenvalue weighted by atomic mass is 9.95. The molecule has 0 saturated carbocycles. The summed E-state index contributed by atoms with van der Waals surface area (Å²) in [4.78, 5) is 4.83. The molecular weight excluding hydrogens is 246 g/mol. The Kier molecular flexibility index (Phi) is 5.44. The molecule has 20 heavy (non-hydrogen) atoms. The number of hydrogen-bond donors (Lipinski definition) is 1. The molecule has 112 valence electrons. The molecule has 0 aliphatic carbocycles. The van der Waals surface area contributed by atoms with E-state index in [4.69, 9.17) is 5.73 Å². The summed E-state index contributed by atoms with van der Waals surface area (Å²) in [6.45, 7) is 5.75. The summed E-state index contributed by atoms with van der Waals surface area (Å²) in [5.41, 5.74) is 8.84. The molecule has 2 rings (SSSR count). The first-order chi connectivity index (χ1) is 9.61. The van der Waals surface area contributed by atoms with Gasteiger partial charge in [0.2, 0.25) is 0 Å². The predicted molar refractivity (Wildman–Crippen MR) is 87.2 cm³/mol. The van der Waals surface area contributed by atoms with Crippen molar-refractivity contribution >= 4 is 5.69 Å². The molecule has 0 bridgehead atoms. The van der Waals surface area contributed by atoms with Gasteiger partial charge in [-0.3, -0.25) is 0 Å². The van der Waals surface area contributed by atoms with Gasteiger partial charge in [-0.15, -0.1) is 0 Å². The highest BCUT2D eigenvalue weighted by atomic mass is 15.1. The maximum absolute atomic E-state index is 6.25. The van der Waals surface area contributed by atoms with E-state index in [1.165, 1.54) is 37.2 Å². The molecular formula is C17H29N3. The average Bonchev–Trinajstić information content (AvgIpc) is 2.48. The minimum Gasteiger partial charge on any atom is -0.374 e. The van der Waals surface area contributed by atoms with Gasteiger partial charge in [0.25, 0.3) is 0 Å². The topological polar surface area (TPSA) is 32.5 Å². The Bertz CT molecular complexity index is 410. The van der Waals surface area contributed by atoms with Crippen molar-refractivity contribution in [3.8, 4) is 0 Å². The maximum Gasteiger partial charge on any atom is 0.0412 e. The molecule has 1 heterocycles. The predicted octanol–water partition coefficient (Wildman–Crippen LogP) is 2.87. The van der Waals surface area contributed by atoms with Crippen molar-refractivity contribution in [1.29, 1.82) is 0 Å². The lowest BCUT2D eigenvalue weighted by Crippen LogP contribution is -2.36. The SMILES string of the molecule is CCC(N)c1ccccc1N(C)CC1CCN(C)CC1. The van der Waals surface area contributed by atoms with Gasteiger partial charge in [-0.05, 0) is 56.9 Å². The molecule has 1 fully saturated rings. The molecule has 2 N–H and O–H groups in total. The van der Waals surface area contributed by atoms with Crippen LogP contribution in [0.1, 0.15) is 37.8 Å². The summed E-state index contributed by atoms with van der Waals surface area (Å²) >= 11 is 0. The van der Waals surface area contributed by atoms with Crippen LogP contribution in [0.3, 0.4) is 0 Å². The van der Waals surface area contributed by atoms with E-state index in [2.05, 4.69) is 55.1 Å². The van der Waals surface area contributed by atoms with Crippen LogP contribution in [0.4, 0.5) is 5.69 Å². The van der Waals surface area contributed by atoms with Crippen LogP contribution in [-0.4, -0.2) is 38.6 Å². The molecule has 0 radical (unpaired) electrons. The van der Waals surface area contributed by atoms with Crippen molar-refractivity contribution in [3.63, 3.8) is 0 Å². The summed E-state index contributed by atoms with van der Waals surface area (Å²) in [7, 11) is 4.43. The number of para-hydroxylation sites is 1. The molecule has 1 aliphatic rings. The molecule has 0 aromatic heterocycles. The molecule has 0 spiro atoms. The summed E-state index contributed by atoms with van der Waals surface area (Å²) in [6.07, 6.45) is 3.60. The van der Waals surface area contributed by atoms with E-state index < -0.39 is 0 Å². The minimum atomic E-state index is 0.145. The fraction of sp³-hybridized carbons (Fsp3) is 0.647. The number of piperidine rings is 1. The van der Waals surface area contributed by atoms with Crippen molar-refractivity contribution < 1.29 is 0 Å². The molecule has 1 unspecified atom stereocenters. The third-order valence-electron chi connectivity index (χ3n) is 4.56. The van der Waals surface area contributed by atoms with E-state index in [1.807, 2.05) is 0 Å². The number of hydrogen-bond acceptors (Lipinski definition) is 3. The molecule has 1 aliphatic heterocycles. The highest BCUT2D eigenvalue weighted by Gasteiger charge is 2.20. The second kappa shape index (κ2) is 7.09. The number of anilines is 1. The standard InChI is InChI=1S/C17H29N3/c1-4-16(18)15-7-5-6-8-17(15)20(3)13-14-9-11-19(2)12-10-14/h5-8,14,16H,4,9-13,18H2,1-3H3. The Morgan fingerprint density at radius 1 is 1.30 bits per heavy atom. The van der Waals surface area contributed by atoms with Crippen LogP contribution in [0.25, 0.3) is 0 Å². The second-order valence-corrected chi connectivity index (χ2v) is 6.20. The average molecular weight is 275 g/mol. The fourth-order valence-electron chi connectivity index (χ4n) is 3.10. The molecule has 3 nitrogen and oxygen atoms in total. The van der Waals surface area contributed by atoms with Gasteiger partial charge < -0.3 is 15.5 Å². The Balaban J connectivity index is 2.03. The van der Waals surface area contributed by atoms with Crippen molar-refractivity contribution in [2.45, 2.75) is 32.2 Å². The van der Waals surface area contributed by atoms with Crippen molar-refractivity contribution in [1.82, 2.24) is 4.90 Å². The highest BCUT2D eigenvalue weighted by molar-refractivity contribution is 5.54. The molecule has 1 aromatic rings. The summed E-state index contributed by atoms with van der Waals surface area (Å²) < 4.78 is 0. The van der Waals surface area contributed by atoms with Crippen LogP contribution in [0.2, 0.25) is 0 Å². The van der Waals surface area contributed by atoms with Gasteiger partial charge in [-0.25, -0.2) is 0 Å². The first kappa shape index (κ1) is 15.3. The number of nitrogens with zero attached hydrogens (tertiary/aromatic N) is 2. The quantitative estimate of drug-likeness (QED) is 0.897. The first-order valence-corrected chi connectivity index (χ1v) is 7.86. The third-order valence-corrected chi connectivity index (χ3v) is 4.56. The number of benzene rings is 1. The van der Waals surface area contributed by atoms with E-state index >= 15 is 0 Å². The van der Waals surface area contributed by atoms with E-state index in [1.54, 1.807) is 0 Å². The van der Waals surface area contributed by atoms with E-state index in [0.717, 1.165) is 18.9 Å². The van der Waals surface area contributed by atoms with Gasteiger partial charge in [0, 0.05) is 25.3 Å². The first-order valence-electron chi connectivity index (χ1n) is 7.86. The normalized spacial score (nSPS) is 19.0. The van der Waals surface area contributed by atoms with E-state index in [9.17, 15) is 0 Å². The third kappa shape index (κ3) is 3.74. The van der Waals surface area contributed by atoms with Gasteiger partial charge in [0.1, 0.15) is 0 Å². The lowest BCUT2D eigenvalue weighted by Gasteiger charge is -2.33.